The summed E-state index contributed by atoms with van der Waals surface area (Å²) in [6.07, 6.45) is 3.52. The minimum Gasteiger partial charge on any atom is -0.619 e. The second kappa shape index (κ2) is 17.7. The lowest BCUT2D eigenvalue weighted by Gasteiger charge is -2.26. The average Bonchev–Trinajstić information content (AvgIpc) is 3.90. The fourth-order valence-corrected chi connectivity index (χ4v) is 7.30. The maximum Gasteiger partial charge on any atom is 0.387 e. The van der Waals surface area contributed by atoms with Gasteiger partial charge >= 0.3 is 12.6 Å². The Labute approximate surface area is 327 Å². The van der Waals surface area contributed by atoms with Gasteiger partial charge in [-0.2, -0.15) is 13.5 Å². The van der Waals surface area contributed by atoms with Crippen molar-refractivity contribution in [3.05, 3.63) is 86.3 Å². The second-order valence-electron chi connectivity index (χ2n) is 13.7. The summed E-state index contributed by atoms with van der Waals surface area (Å²) < 4.78 is 69.9. The highest BCUT2D eigenvalue weighted by atomic mass is 35.5. The fraction of sp³-hybridized carbons (Fsp3) is 0.444. The number of amides is 2. The maximum atomic E-state index is 13.6. The van der Waals surface area contributed by atoms with E-state index >= 15 is 0 Å². The van der Waals surface area contributed by atoms with Gasteiger partial charge in [0.25, 0.3) is 11.8 Å². The van der Waals surface area contributed by atoms with Gasteiger partial charge in [-0.15, -0.1) is 0 Å². The molecular formula is C36H41Cl2F2N5O9S. The van der Waals surface area contributed by atoms with Crippen molar-refractivity contribution < 1.29 is 50.5 Å². The van der Waals surface area contributed by atoms with Crippen LogP contribution in [0.2, 0.25) is 10.0 Å². The van der Waals surface area contributed by atoms with E-state index < -0.39 is 47.1 Å². The van der Waals surface area contributed by atoms with E-state index in [0.717, 1.165) is 42.3 Å². The summed E-state index contributed by atoms with van der Waals surface area (Å²) in [7, 11) is 1.92. The third-order valence-electron chi connectivity index (χ3n) is 8.99. The Morgan fingerprint density at radius 1 is 0.964 bits per heavy atom. The molecule has 0 spiro atoms. The number of rotatable bonds is 19. The van der Waals surface area contributed by atoms with E-state index in [1.165, 1.54) is 36.4 Å². The quantitative estimate of drug-likeness (QED) is 0.0732. The first-order valence-electron chi connectivity index (χ1n) is 17.2. The molecule has 5 rings (SSSR count). The highest BCUT2D eigenvalue weighted by Crippen LogP contribution is 2.38. The number of hydrogen-bond acceptors (Lipinski definition) is 11. The molecule has 14 nitrogen and oxygen atoms in total. The summed E-state index contributed by atoms with van der Waals surface area (Å²) in [5.74, 6) is -2.70. The Hall–Kier alpha value is -4.29. The summed E-state index contributed by atoms with van der Waals surface area (Å²) in [6, 6.07) is 8.03. The van der Waals surface area contributed by atoms with Crippen LogP contribution in [0.4, 0.5) is 14.5 Å². The Kier molecular flexibility index (Phi) is 13.4. The van der Waals surface area contributed by atoms with Crippen LogP contribution < -0.4 is 18.5 Å². The molecule has 2 aromatic carbocycles. The molecule has 19 heteroatoms. The standard InChI is InChI=1S/C36H41Cl2F2N5O9S/c1-41(2)11-12-42(3)13-14-45(55(4,50)51)24-8-9-25-26(16-24)35(48)44(34(25)47)20-33(46)53-31(17-27-28(37)18-43(49)19-29(27)38)23-7-10-30(54-36(39)40)32(15-23)52-21-22-5-6-22/h7-10,15-16,18-19,22,31,36H,5-6,11-14,17,20-21H2,1-4H3/t31-/m0/s1. The van der Waals surface area contributed by atoms with E-state index in [1.807, 2.05) is 30.9 Å². The fourth-order valence-electron chi connectivity index (χ4n) is 5.79. The lowest BCUT2D eigenvalue weighted by molar-refractivity contribution is -0.605. The molecule has 0 unspecified atom stereocenters. The Morgan fingerprint density at radius 2 is 1.62 bits per heavy atom. The van der Waals surface area contributed by atoms with Crippen LogP contribution in [0.5, 0.6) is 11.5 Å². The third kappa shape index (κ3) is 10.9. The van der Waals surface area contributed by atoms with E-state index in [2.05, 4.69) is 4.74 Å². The van der Waals surface area contributed by atoms with Crippen LogP contribution in [0.25, 0.3) is 0 Å². The number of nitrogens with zero attached hydrogens (tertiary/aromatic N) is 5. The first kappa shape index (κ1) is 41.9. The predicted molar refractivity (Wildman–Crippen MR) is 199 cm³/mol. The summed E-state index contributed by atoms with van der Waals surface area (Å²) >= 11 is 12.7. The number of benzene rings is 2. The molecule has 1 aromatic heterocycles. The van der Waals surface area contributed by atoms with Crippen molar-refractivity contribution in [2.75, 3.05) is 71.0 Å². The average molecular weight is 829 g/mol. The number of pyridine rings is 1. The molecule has 2 heterocycles. The number of sulfonamides is 1. The molecular weight excluding hydrogens is 787 g/mol. The molecule has 3 aromatic rings. The normalized spacial score (nSPS) is 14.9. The maximum absolute atomic E-state index is 13.6. The van der Waals surface area contributed by atoms with E-state index in [9.17, 15) is 36.8 Å². The lowest BCUT2D eigenvalue weighted by atomic mass is 10.0. The first-order valence-corrected chi connectivity index (χ1v) is 19.8. The van der Waals surface area contributed by atoms with E-state index in [-0.39, 0.29) is 75.0 Å². The summed E-state index contributed by atoms with van der Waals surface area (Å²) in [6.45, 7) is -1.83. The molecule has 1 aliphatic heterocycles. The molecule has 1 aliphatic carbocycles. The SMILES string of the molecule is CN(C)CCN(C)CCN(c1ccc2c(c1)C(=O)N(CC(=O)O[C@@H](Cc1c(Cl)c[n+]([O-])cc1Cl)c1ccc(OC(F)F)c(OCC3CC3)c1)C2=O)S(C)(=O)=O. The summed E-state index contributed by atoms with van der Waals surface area (Å²) in [5.41, 5.74) is 0.502. The van der Waals surface area contributed by atoms with Crippen LogP contribution in [0.1, 0.15) is 50.8 Å². The van der Waals surface area contributed by atoms with Crippen molar-refractivity contribution in [1.82, 2.24) is 14.7 Å². The van der Waals surface area contributed by atoms with Gasteiger partial charge in [-0.25, -0.2) is 8.42 Å². The molecule has 2 amide bonds. The molecule has 55 heavy (non-hydrogen) atoms. The minimum atomic E-state index is -3.80. The zero-order valence-corrected chi connectivity index (χ0v) is 32.9. The predicted octanol–water partition coefficient (Wildman–Crippen LogP) is 4.40. The van der Waals surface area contributed by atoms with Crippen molar-refractivity contribution in [3.63, 3.8) is 0 Å². The van der Waals surface area contributed by atoms with Crippen LogP contribution in [0.3, 0.4) is 0 Å². The van der Waals surface area contributed by atoms with E-state index in [4.69, 9.17) is 32.7 Å². The Bertz CT molecular complexity index is 2020. The molecule has 0 saturated heterocycles. The van der Waals surface area contributed by atoms with Gasteiger partial charge in [-0.1, -0.05) is 29.3 Å². The van der Waals surface area contributed by atoms with Crippen LogP contribution in [0.15, 0.2) is 48.8 Å². The number of esters is 1. The van der Waals surface area contributed by atoms with Crippen LogP contribution in [-0.4, -0.2) is 114 Å². The van der Waals surface area contributed by atoms with E-state index in [1.54, 1.807) is 0 Å². The number of anilines is 1. The third-order valence-corrected chi connectivity index (χ3v) is 10.8. The number of imide groups is 1. The molecule has 1 fully saturated rings. The zero-order valence-electron chi connectivity index (χ0n) is 30.5. The second-order valence-corrected chi connectivity index (χ2v) is 16.4. The topological polar surface area (TPSA) is 153 Å². The van der Waals surface area contributed by atoms with Gasteiger partial charge in [-0.3, -0.25) is 23.6 Å². The molecule has 0 radical (unpaired) electrons. The number of fused-ring (bicyclic) bond motifs is 1. The van der Waals surface area contributed by atoms with Crippen LogP contribution in [-0.2, 0) is 26.0 Å². The Balaban J connectivity index is 1.38. The number of alkyl halides is 2. The van der Waals surface area contributed by atoms with Gasteiger partial charge in [0.15, 0.2) is 23.9 Å². The number of carbonyl (C=O) groups is 3. The van der Waals surface area contributed by atoms with E-state index in [0.29, 0.717) is 22.7 Å². The van der Waals surface area contributed by atoms with Crippen LogP contribution >= 0.6 is 23.2 Å². The van der Waals surface area contributed by atoms with Crippen molar-refractivity contribution >= 4 is 56.7 Å². The Morgan fingerprint density at radius 3 is 2.24 bits per heavy atom. The molecule has 0 N–H and O–H groups in total. The number of aromatic nitrogens is 1. The molecule has 1 saturated carbocycles. The number of carbonyl (C=O) groups excluding carboxylic acids is 3. The van der Waals surface area contributed by atoms with Gasteiger partial charge < -0.3 is 29.2 Å². The smallest absolute Gasteiger partial charge is 0.387 e. The van der Waals surface area contributed by atoms with Crippen molar-refractivity contribution in [1.29, 1.82) is 0 Å². The van der Waals surface area contributed by atoms with Gasteiger partial charge in [0, 0.05) is 38.2 Å². The summed E-state index contributed by atoms with van der Waals surface area (Å²) in [4.78, 5) is 45.3. The number of ether oxygens (including phenoxy) is 3. The zero-order chi connectivity index (χ0) is 40.2. The lowest BCUT2D eigenvalue weighted by Crippen LogP contribution is -2.39. The van der Waals surface area contributed by atoms with Gasteiger partial charge in [0.1, 0.15) is 22.7 Å². The van der Waals surface area contributed by atoms with Crippen molar-refractivity contribution in [2.45, 2.75) is 32.0 Å². The van der Waals surface area contributed by atoms with Crippen LogP contribution in [0, 0.1) is 11.1 Å². The molecule has 1 atom stereocenters. The summed E-state index contributed by atoms with van der Waals surface area (Å²) in [5, 5.41) is 11.8. The number of hydrogen-bond donors (Lipinski definition) is 0. The van der Waals surface area contributed by atoms with Crippen molar-refractivity contribution in [2.24, 2.45) is 5.92 Å². The molecule has 2 aliphatic rings. The number of likely N-dealkylation sites (N-methyl/N-ethyl adjacent to an activating group) is 2. The van der Waals surface area contributed by atoms with Crippen molar-refractivity contribution in [3.8, 4) is 11.5 Å². The highest BCUT2D eigenvalue weighted by molar-refractivity contribution is 7.92. The number of halogens is 4. The highest BCUT2D eigenvalue weighted by Gasteiger charge is 2.38. The largest absolute Gasteiger partial charge is 0.619 e. The van der Waals surface area contributed by atoms with Gasteiger partial charge in [-0.05, 0) is 75.8 Å². The first-order chi connectivity index (χ1) is 25.9. The molecule has 0 bridgehead atoms. The monoisotopic (exact) mass is 827 g/mol. The van der Waals surface area contributed by atoms with Gasteiger partial charge in [0.2, 0.25) is 10.0 Å². The minimum absolute atomic E-state index is 0.0320. The molecule has 298 valence electrons. The van der Waals surface area contributed by atoms with Gasteiger partial charge in [0.05, 0.1) is 29.7 Å².